The molecule has 2 aromatic rings. The maximum absolute atomic E-state index is 12.3. The smallest absolute Gasteiger partial charge is 0.246 e. The number of nitrogens with zero attached hydrogens (tertiary/aromatic N) is 5. The van der Waals surface area contributed by atoms with Crippen LogP contribution in [0, 0.1) is 0 Å². The molecular weight excluding hydrogens is 542 g/mol. The first kappa shape index (κ1) is 30.7. The average molecular weight is 586 g/mol. The van der Waals surface area contributed by atoms with Crippen LogP contribution >= 0.6 is 0 Å². The summed E-state index contributed by atoms with van der Waals surface area (Å²) in [6.07, 6.45) is 11.8. The number of rotatable bonds is 7. The third-order valence-electron chi connectivity index (χ3n) is 7.86. The van der Waals surface area contributed by atoms with Gasteiger partial charge < -0.3 is 25.3 Å². The summed E-state index contributed by atoms with van der Waals surface area (Å²) in [7, 11) is -1.84. The average Bonchev–Trinajstić information content (AvgIpc) is 3.65. The van der Waals surface area contributed by atoms with Crippen molar-refractivity contribution in [1.29, 1.82) is 0 Å². The summed E-state index contributed by atoms with van der Waals surface area (Å²) in [4.78, 5) is 39.0. The van der Waals surface area contributed by atoms with Crippen LogP contribution in [0.25, 0.3) is 0 Å². The van der Waals surface area contributed by atoms with Crippen molar-refractivity contribution < 1.29 is 18.0 Å². The number of aromatic nitrogens is 2. The second-order valence-electron chi connectivity index (χ2n) is 11.3. The van der Waals surface area contributed by atoms with Gasteiger partial charge in [0.2, 0.25) is 17.8 Å². The molecule has 224 valence electrons. The molecule has 1 aromatic heterocycles. The van der Waals surface area contributed by atoms with Crippen molar-refractivity contribution in [2.75, 3.05) is 53.4 Å². The zero-order valence-corrected chi connectivity index (χ0v) is 25.6. The third-order valence-corrected chi connectivity index (χ3v) is 8.96. The van der Waals surface area contributed by atoms with E-state index in [4.69, 9.17) is 0 Å². The van der Waals surface area contributed by atoms with Gasteiger partial charge in [-0.15, -0.1) is 0 Å². The predicted molar refractivity (Wildman–Crippen MR) is 163 cm³/mol. The number of likely N-dealkylation sites (tertiary alicyclic amines) is 1. The van der Waals surface area contributed by atoms with Gasteiger partial charge in [-0.3, -0.25) is 9.59 Å². The molecule has 1 saturated heterocycles. The molecule has 0 unspecified atom stereocenters. The largest absolute Gasteiger partial charge is 0.343 e. The predicted octanol–water partition coefficient (Wildman–Crippen LogP) is 4.19. The Balaban J connectivity index is 0.000000322. The van der Waals surface area contributed by atoms with E-state index in [0.717, 1.165) is 12.3 Å². The number of hydrogen-bond acceptors (Lipinski definition) is 9. The number of amides is 2. The summed E-state index contributed by atoms with van der Waals surface area (Å²) in [5.74, 6) is 0.559. The lowest BCUT2D eigenvalue weighted by molar-refractivity contribution is -0.117. The summed E-state index contributed by atoms with van der Waals surface area (Å²) >= 11 is 0. The second-order valence-corrected chi connectivity index (χ2v) is 13.3. The highest BCUT2D eigenvalue weighted by Gasteiger charge is 2.30. The van der Waals surface area contributed by atoms with Gasteiger partial charge in [0, 0.05) is 43.2 Å². The Bertz CT molecular complexity index is 1340. The van der Waals surface area contributed by atoms with Gasteiger partial charge in [-0.2, -0.15) is 4.98 Å². The molecule has 0 bridgehead atoms. The number of likely N-dealkylation sites (N-methyl/N-ethyl adjacent to an activating group) is 1. The lowest BCUT2D eigenvalue weighted by atomic mass is 10.2. The number of benzene rings is 1. The number of carbonyl (C=O) groups excluding carboxylic acids is 2. The van der Waals surface area contributed by atoms with Crippen molar-refractivity contribution >= 4 is 50.5 Å². The molecule has 2 fully saturated rings. The van der Waals surface area contributed by atoms with Crippen molar-refractivity contribution in [3.8, 4) is 0 Å². The minimum absolute atomic E-state index is 0.0450. The molecule has 5 rings (SSSR count). The van der Waals surface area contributed by atoms with E-state index >= 15 is 0 Å². The van der Waals surface area contributed by atoms with E-state index in [1.54, 1.807) is 26.2 Å². The van der Waals surface area contributed by atoms with Gasteiger partial charge in [0.1, 0.15) is 5.69 Å². The Labute approximate surface area is 243 Å². The second kappa shape index (κ2) is 13.2. The Morgan fingerprint density at radius 3 is 2.34 bits per heavy atom. The molecule has 12 heteroatoms. The van der Waals surface area contributed by atoms with Gasteiger partial charge >= 0.3 is 0 Å². The first-order valence-electron chi connectivity index (χ1n) is 14.5. The minimum Gasteiger partial charge on any atom is -0.343 e. The number of anilines is 5. The topological polar surface area (TPSA) is 128 Å². The Morgan fingerprint density at radius 1 is 1.07 bits per heavy atom. The lowest BCUT2D eigenvalue weighted by Gasteiger charge is -2.36. The van der Waals surface area contributed by atoms with Crippen LogP contribution < -0.4 is 20.4 Å². The maximum Gasteiger partial charge on any atom is 0.246 e. The van der Waals surface area contributed by atoms with E-state index in [-0.39, 0.29) is 41.7 Å². The van der Waals surface area contributed by atoms with E-state index in [9.17, 15) is 18.0 Å². The van der Waals surface area contributed by atoms with Crippen molar-refractivity contribution in [1.82, 2.24) is 14.9 Å². The molecule has 0 radical (unpaired) electrons. The van der Waals surface area contributed by atoms with Crippen LogP contribution in [0.2, 0.25) is 0 Å². The molecule has 2 amide bonds. The highest BCUT2D eigenvalue weighted by molar-refractivity contribution is 7.90. The monoisotopic (exact) mass is 585 g/mol. The molecular formula is C29H43N7O4S. The summed E-state index contributed by atoms with van der Waals surface area (Å²) in [5, 5.41) is 5.69. The summed E-state index contributed by atoms with van der Waals surface area (Å²) in [6, 6.07) is 5.51. The van der Waals surface area contributed by atoms with Gasteiger partial charge in [-0.05, 0) is 70.8 Å². The molecule has 3 aliphatic rings. The highest BCUT2D eigenvalue weighted by Crippen LogP contribution is 2.33. The van der Waals surface area contributed by atoms with Gasteiger partial charge in [0.15, 0.2) is 15.7 Å². The lowest BCUT2D eigenvalue weighted by Crippen LogP contribution is -2.47. The molecule has 1 aromatic carbocycles. The summed E-state index contributed by atoms with van der Waals surface area (Å²) < 4.78 is 24.2. The van der Waals surface area contributed by atoms with Crippen molar-refractivity contribution in [2.45, 2.75) is 82.7 Å². The molecule has 41 heavy (non-hydrogen) atoms. The number of sulfone groups is 1. The van der Waals surface area contributed by atoms with Crippen LogP contribution in [-0.2, 0) is 19.4 Å². The van der Waals surface area contributed by atoms with Gasteiger partial charge in [0.25, 0.3) is 0 Å². The SMILES string of the molecule is C1CCC(N2CCCC2)C1.CCC(=O)Nc1cc(Nc2ncc3c(n2)N(C(C)C)CC(=O)N3C)cc(S(C)(=O)=O)c1. The van der Waals surface area contributed by atoms with E-state index in [1.807, 2.05) is 18.7 Å². The summed E-state index contributed by atoms with van der Waals surface area (Å²) in [5.41, 5.74) is 1.35. The summed E-state index contributed by atoms with van der Waals surface area (Å²) in [6.45, 7) is 8.63. The first-order chi connectivity index (χ1) is 19.5. The van der Waals surface area contributed by atoms with Crippen LogP contribution in [0.5, 0.6) is 0 Å². The molecule has 2 N–H and O–H groups in total. The highest BCUT2D eigenvalue weighted by atomic mass is 32.2. The molecule has 0 spiro atoms. The molecule has 0 atom stereocenters. The molecule has 11 nitrogen and oxygen atoms in total. The fourth-order valence-electron chi connectivity index (χ4n) is 5.47. The molecule has 3 heterocycles. The Morgan fingerprint density at radius 2 is 1.73 bits per heavy atom. The fourth-order valence-corrected chi connectivity index (χ4v) is 6.16. The number of hydrogen-bond donors (Lipinski definition) is 2. The van der Waals surface area contributed by atoms with Gasteiger partial charge in [0.05, 0.1) is 17.6 Å². The van der Waals surface area contributed by atoms with Crippen LogP contribution in [0.3, 0.4) is 0 Å². The zero-order valence-electron chi connectivity index (χ0n) is 24.8. The minimum atomic E-state index is -3.51. The van der Waals surface area contributed by atoms with Crippen LogP contribution in [0.1, 0.15) is 65.7 Å². The van der Waals surface area contributed by atoms with Crippen LogP contribution in [-0.4, -0.2) is 80.1 Å². The van der Waals surface area contributed by atoms with E-state index in [1.165, 1.54) is 68.6 Å². The van der Waals surface area contributed by atoms with Crippen molar-refractivity contribution in [2.24, 2.45) is 0 Å². The maximum atomic E-state index is 12.3. The molecule has 2 aliphatic heterocycles. The van der Waals surface area contributed by atoms with Crippen LogP contribution in [0.4, 0.5) is 28.8 Å². The molecule has 1 aliphatic carbocycles. The Hall–Kier alpha value is -3.25. The van der Waals surface area contributed by atoms with Crippen molar-refractivity contribution in [3.05, 3.63) is 24.4 Å². The Kier molecular flexibility index (Phi) is 9.85. The first-order valence-corrected chi connectivity index (χ1v) is 16.4. The number of nitrogens with one attached hydrogen (secondary N) is 2. The standard InChI is InChI=1S/C20H26N6O4S.C9H17N/c1-6-17(27)22-13-7-14(9-15(8-13)31(5,29)30)23-20-21-10-16-19(24-20)26(12(2)3)11-18(28)25(16)4;1-2-6-9(5-1)10-7-3-4-8-10/h7-10,12H,6,11H2,1-5H3,(H,22,27)(H,21,23,24);9H,1-8H2. The number of carbonyl (C=O) groups is 2. The van der Waals surface area contributed by atoms with Crippen LogP contribution in [0.15, 0.2) is 29.3 Å². The van der Waals surface area contributed by atoms with Gasteiger partial charge in [-0.1, -0.05) is 19.8 Å². The van der Waals surface area contributed by atoms with Crippen molar-refractivity contribution in [3.63, 3.8) is 0 Å². The quantitative estimate of drug-likeness (QED) is 0.492. The van der Waals surface area contributed by atoms with Gasteiger partial charge in [-0.25, -0.2) is 13.4 Å². The van der Waals surface area contributed by atoms with E-state index in [2.05, 4.69) is 25.5 Å². The normalized spacial score (nSPS) is 17.9. The fraction of sp³-hybridized carbons (Fsp3) is 0.586. The zero-order chi connectivity index (χ0) is 29.7. The third kappa shape index (κ3) is 7.73. The van der Waals surface area contributed by atoms with E-state index in [0.29, 0.717) is 22.9 Å². The number of fused-ring (bicyclic) bond motifs is 1. The molecule has 1 saturated carbocycles. The van der Waals surface area contributed by atoms with E-state index < -0.39 is 9.84 Å².